The highest BCUT2D eigenvalue weighted by molar-refractivity contribution is 5.30. The Morgan fingerprint density at radius 3 is 2.52 bits per heavy atom. The van der Waals surface area contributed by atoms with Gasteiger partial charge in [0.1, 0.15) is 0 Å². The van der Waals surface area contributed by atoms with Gasteiger partial charge in [0.25, 0.3) is 0 Å². The van der Waals surface area contributed by atoms with E-state index < -0.39 is 0 Å². The third-order valence-corrected chi connectivity index (χ3v) is 5.39. The maximum Gasteiger partial charge on any atom is 0.216 e. The summed E-state index contributed by atoms with van der Waals surface area (Å²) in [5.41, 5.74) is 2.26. The van der Waals surface area contributed by atoms with Gasteiger partial charge in [-0.2, -0.15) is 5.10 Å². The molecule has 3 heterocycles. The van der Waals surface area contributed by atoms with Crippen molar-refractivity contribution in [2.45, 2.75) is 63.7 Å². The van der Waals surface area contributed by atoms with Gasteiger partial charge in [0.2, 0.25) is 5.88 Å². The van der Waals surface area contributed by atoms with Crippen LogP contribution in [0.5, 0.6) is 5.88 Å². The van der Waals surface area contributed by atoms with Crippen molar-refractivity contribution < 1.29 is 4.74 Å². The summed E-state index contributed by atoms with van der Waals surface area (Å²) in [5.74, 6) is 0.883. The Bertz CT molecular complexity index is 485. The number of ether oxygens (including phenoxy) is 1. The lowest BCUT2D eigenvalue weighted by Gasteiger charge is -2.47. The van der Waals surface area contributed by atoms with Gasteiger partial charge in [0.05, 0.1) is 18.4 Å². The summed E-state index contributed by atoms with van der Waals surface area (Å²) < 4.78 is 7.31. The van der Waals surface area contributed by atoms with Crippen LogP contribution in [0.3, 0.4) is 0 Å². The molecule has 118 valence electrons. The van der Waals surface area contributed by atoms with Crippen LogP contribution in [0, 0.1) is 6.92 Å². The number of hydrogen-bond donors (Lipinski definition) is 1. The summed E-state index contributed by atoms with van der Waals surface area (Å²) in [5, 5.41) is 8.21. The first-order valence-corrected chi connectivity index (χ1v) is 8.12. The first-order chi connectivity index (χ1) is 10.1. The molecule has 1 aromatic heterocycles. The predicted molar refractivity (Wildman–Crippen MR) is 83.5 cm³/mol. The quantitative estimate of drug-likeness (QED) is 0.919. The lowest BCUT2D eigenvalue weighted by Crippen LogP contribution is -2.54. The van der Waals surface area contributed by atoms with E-state index >= 15 is 0 Å². The second-order valence-corrected chi connectivity index (χ2v) is 6.65. The van der Waals surface area contributed by atoms with Crippen LogP contribution in [0.1, 0.15) is 43.4 Å². The number of nitrogens with one attached hydrogen (secondary N) is 1. The van der Waals surface area contributed by atoms with Crippen LogP contribution < -0.4 is 10.1 Å². The molecule has 0 radical (unpaired) electrons. The molecular formula is C16H28N4O. The molecule has 0 aromatic carbocycles. The van der Waals surface area contributed by atoms with Gasteiger partial charge in [-0.25, -0.2) is 4.68 Å². The molecule has 2 fully saturated rings. The lowest BCUT2D eigenvalue weighted by molar-refractivity contribution is 0.0482. The van der Waals surface area contributed by atoms with Crippen LogP contribution in [-0.2, 0) is 13.6 Å². The van der Waals surface area contributed by atoms with E-state index in [1.807, 2.05) is 11.7 Å². The van der Waals surface area contributed by atoms with Gasteiger partial charge in [-0.05, 0) is 39.7 Å². The van der Waals surface area contributed by atoms with Gasteiger partial charge in [-0.1, -0.05) is 6.42 Å². The molecule has 0 spiro atoms. The van der Waals surface area contributed by atoms with Crippen LogP contribution in [0.4, 0.5) is 0 Å². The van der Waals surface area contributed by atoms with Crippen molar-refractivity contribution >= 4 is 0 Å². The molecule has 0 amide bonds. The van der Waals surface area contributed by atoms with E-state index in [9.17, 15) is 0 Å². The van der Waals surface area contributed by atoms with Gasteiger partial charge in [0, 0.05) is 31.7 Å². The van der Waals surface area contributed by atoms with Crippen molar-refractivity contribution in [3.8, 4) is 5.88 Å². The lowest BCUT2D eigenvalue weighted by atomic mass is 9.82. The largest absolute Gasteiger partial charge is 0.481 e. The summed E-state index contributed by atoms with van der Waals surface area (Å²) in [6.45, 7) is 2.92. The van der Waals surface area contributed by atoms with E-state index in [2.05, 4.69) is 29.3 Å². The Kier molecular flexibility index (Phi) is 4.22. The van der Waals surface area contributed by atoms with Crippen LogP contribution in [-0.4, -0.2) is 47.0 Å². The van der Waals surface area contributed by atoms with Crippen molar-refractivity contribution in [2.24, 2.45) is 7.05 Å². The zero-order chi connectivity index (χ0) is 15.0. The fourth-order valence-corrected chi connectivity index (χ4v) is 4.17. The van der Waals surface area contributed by atoms with Crippen molar-refractivity contribution in [3.63, 3.8) is 0 Å². The zero-order valence-electron chi connectivity index (χ0n) is 13.7. The molecule has 2 saturated heterocycles. The molecule has 2 atom stereocenters. The number of piperidine rings is 2. The highest BCUT2D eigenvalue weighted by atomic mass is 16.5. The predicted octanol–water partition coefficient (Wildman–Crippen LogP) is 1.84. The average molecular weight is 292 g/mol. The van der Waals surface area contributed by atoms with Crippen LogP contribution in [0.2, 0.25) is 0 Å². The van der Waals surface area contributed by atoms with Crippen LogP contribution >= 0.6 is 0 Å². The fraction of sp³-hybridized carbons (Fsp3) is 0.812. The zero-order valence-corrected chi connectivity index (χ0v) is 13.7. The number of methoxy groups -OCH3 is 1. The van der Waals surface area contributed by atoms with E-state index in [4.69, 9.17) is 4.74 Å². The van der Waals surface area contributed by atoms with Gasteiger partial charge in [0.15, 0.2) is 0 Å². The molecule has 0 saturated carbocycles. The van der Waals surface area contributed by atoms with E-state index in [1.165, 1.54) is 37.7 Å². The summed E-state index contributed by atoms with van der Waals surface area (Å²) in [7, 11) is 5.97. The molecule has 21 heavy (non-hydrogen) atoms. The van der Waals surface area contributed by atoms with Crippen molar-refractivity contribution in [1.29, 1.82) is 0 Å². The summed E-state index contributed by atoms with van der Waals surface area (Å²) in [6.07, 6.45) is 6.67. The molecule has 2 bridgehead atoms. The number of rotatable bonds is 4. The van der Waals surface area contributed by atoms with Crippen LogP contribution in [0.15, 0.2) is 0 Å². The van der Waals surface area contributed by atoms with Crippen molar-refractivity contribution in [1.82, 2.24) is 20.0 Å². The molecule has 0 aliphatic carbocycles. The first-order valence-electron chi connectivity index (χ1n) is 8.12. The monoisotopic (exact) mass is 292 g/mol. The Labute approximate surface area is 127 Å². The van der Waals surface area contributed by atoms with Crippen LogP contribution in [0.25, 0.3) is 0 Å². The minimum Gasteiger partial charge on any atom is -0.481 e. The third-order valence-electron chi connectivity index (χ3n) is 5.39. The van der Waals surface area contributed by atoms with Gasteiger partial charge in [-0.3, -0.25) is 0 Å². The maximum atomic E-state index is 5.48. The normalized spacial score (nSPS) is 29.6. The Hall–Kier alpha value is -1.07. The third kappa shape index (κ3) is 2.81. The SMILES string of the molecule is COc1c(CNC2CC3CCCC(C2)N3C)c(C)nn1C. The standard InChI is InChI=1S/C16H28N4O/c1-11-15(16(21-4)20(3)18-11)10-17-12-8-13-6-5-7-14(9-12)19(13)2/h12-14,17H,5-10H2,1-4H3. The van der Waals surface area contributed by atoms with Gasteiger partial charge in [-0.15, -0.1) is 0 Å². The second kappa shape index (κ2) is 5.97. The smallest absolute Gasteiger partial charge is 0.216 e. The van der Waals surface area contributed by atoms with Crippen molar-refractivity contribution in [2.75, 3.05) is 14.2 Å². The Balaban J connectivity index is 1.63. The molecular weight excluding hydrogens is 264 g/mol. The number of nitrogens with zero attached hydrogens (tertiary/aromatic N) is 3. The fourth-order valence-electron chi connectivity index (χ4n) is 4.17. The molecule has 5 nitrogen and oxygen atoms in total. The van der Waals surface area contributed by atoms with Gasteiger partial charge >= 0.3 is 0 Å². The van der Waals surface area contributed by atoms with Crippen molar-refractivity contribution in [3.05, 3.63) is 11.3 Å². The first kappa shape index (κ1) is 14.9. The van der Waals surface area contributed by atoms with E-state index in [-0.39, 0.29) is 0 Å². The Morgan fingerprint density at radius 1 is 1.24 bits per heavy atom. The van der Waals surface area contributed by atoms with Gasteiger partial charge < -0.3 is 15.0 Å². The number of fused-ring (bicyclic) bond motifs is 2. The molecule has 5 heteroatoms. The maximum absolute atomic E-state index is 5.48. The minimum atomic E-state index is 0.626. The molecule has 2 aliphatic heterocycles. The molecule has 1 N–H and O–H groups in total. The molecule has 2 unspecified atom stereocenters. The number of hydrogen-bond acceptors (Lipinski definition) is 4. The molecule has 2 aliphatic rings. The highest BCUT2D eigenvalue weighted by Gasteiger charge is 2.35. The highest BCUT2D eigenvalue weighted by Crippen LogP contribution is 2.33. The summed E-state index contributed by atoms with van der Waals surface area (Å²) >= 11 is 0. The van der Waals surface area contributed by atoms with E-state index in [0.29, 0.717) is 6.04 Å². The van der Waals surface area contributed by atoms with E-state index in [1.54, 1.807) is 7.11 Å². The molecule has 3 rings (SSSR count). The summed E-state index contributed by atoms with van der Waals surface area (Å²) in [6, 6.07) is 2.17. The second-order valence-electron chi connectivity index (χ2n) is 6.65. The number of aryl methyl sites for hydroxylation is 2. The number of aromatic nitrogens is 2. The molecule has 1 aromatic rings. The minimum absolute atomic E-state index is 0.626. The topological polar surface area (TPSA) is 42.3 Å². The summed E-state index contributed by atoms with van der Waals surface area (Å²) in [4.78, 5) is 2.61. The average Bonchev–Trinajstić information content (AvgIpc) is 2.70. The van der Waals surface area contributed by atoms with E-state index in [0.717, 1.165) is 30.2 Å². The Morgan fingerprint density at radius 2 is 1.90 bits per heavy atom.